The van der Waals surface area contributed by atoms with E-state index in [0.29, 0.717) is 19.3 Å². The van der Waals surface area contributed by atoms with Crippen molar-refractivity contribution in [1.29, 1.82) is 0 Å². The van der Waals surface area contributed by atoms with Crippen LogP contribution in [0.5, 0.6) is 0 Å². The maximum atomic E-state index is 12.6. The molecule has 0 radical (unpaired) electrons. The predicted molar refractivity (Wildman–Crippen MR) is 115 cm³/mol. The first-order valence-electron chi connectivity index (χ1n) is 11.1. The molecule has 0 saturated heterocycles. The highest BCUT2D eigenvalue weighted by molar-refractivity contribution is 7.87. The molecular formula is C21H38O9S. The molecule has 0 aliphatic heterocycles. The first kappa shape index (κ1) is 29.3. The van der Waals surface area contributed by atoms with Crippen LogP contribution in [0.1, 0.15) is 85.0 Å². The molecule has 0 spiro atoms. The van der Waals surface area contributed by atoms with Crippen molar-refractivity contribution in [2.45, 2.75) is 90.2 Å². The summed E-state index contributed by atoms with van der Waals surface area (Å²) in [5.41, 5.74) is 0. The molecule has 0 aliphatic carbocycles. The minimum atomic E-state index is -5.04. The van der Waals surface area contributed by atoms with Crippen LogP contribution in [-0.2, 0) is 38.7 Å². The highest BCUT2D eigenvalue weighted by Crippen LogP contribution is 2.21. The molecule has 0 heterocycles. The molecule has 0 saturated carbocycles. The van der Waals surface area contributed by atoms with Gasteiger partial charge in [0.25, 0.3) is 10.1 Å². The number of carbonyl (C=O) groups is 3. The van der Waals surface area contributed by atoms with Crippen LogP contribution in [0.25, 0.3) is 0 Å². The van der Waals surface area contributed by atoms with Crippen LogP contribution in [0.2, 0.25) is 0 Å². The summed E-state index contributed by atoms with van der Waals surface area (Å²) in [6.07, 6.45) is 6.00. The van der Waals surface area contributed by atoms with Crippen LogP contribution >= 0.6 is 0 Å². The maximum absolute atomic E-state index is 12.6. The lowest BCUT2D eigenvalue weighted by molar-refractivity contribution is -0.159. The Morgan fingerprint density at radius 1 is 0.710 bits per heavy atom. The van der Waals surface area contributed by atoms with Gasteiger partial charge in [-0.2, -0.15) is 8.42 Å². The van der Waals surface area contributed by atoms with Gasteiger partial charge in [0.2, 0.25) is 0 Å². The fourth-order valence-electron chi connectivity index (χ4n) is 2.82. The molecule has 0 rings (SSSR count). The van der Waals surface area contributed by atoms with Crippen LogP contribution in [0.4, 0.5) is 0 Å². The van der Waals surface area contributed by atoms with Gasteiger partial charge in [0.05, 0.1) is 32.2 Å². The zero-order chi connectivity index (χ0) is 23.7. The molecule has 0 aliphatic rings. The highest BCUT2D eigenvalue weighted by Gasteiger charge is 2.46. The Bertz CT molecular complexity index is 631. The number of rotatable bonds is 18. The standard InChI is InChI=1S/C21H38O9S/c1-4-7-10-13-28-18(22)16-17(20(23)29-14-11-8-5-2)19(31(25,26)27)21(24)30-15-12-9-6-3/h17,19H,4-16H2,1-3H3,(H,25,26,27). The summed E-state index contributed by atoms with van der Waals surface area (Å²) in [6.45, 7) is 5.96. The Labute approximate surface area is 185 Å². The zero-order valence-corrected chi connectivity index (χ0v) is 19.8. The number of unbranched alkanes of at least 4 members (excludes halogenated alkanes) is 6. The van der Waals surface area contributed by atoms with Gasteiger partial charge in [-0.05, 0) is 19.3 Å². The maximum Gasteiger partial charge on any atom is 0.327 e. The number of carbonyl (C=O) groups excluding carboxylic acids is 3. The summed E-state index contributed by atoms with van der Waals surface area (Å²) >= 11 is 0. The molecule has 0 aromatic heterocycles. The smallest absolute Gasteiger partial charge is 0.327 e. The van der Waals surface area contributed by atoms with Crippen molar-refractivity contribution in [3.8, 4) is 0 Å². The molecule has 0 bridgehead atoms. The van der Waals surface area contributed by atoms with Crippen LogP contribution in [0.15, 0.2) is 0 Å². The fourth-order valence-corrected chi connectivity index (χ4v) is 3.76. The molecule has 2 unspecified atom stereocenters. The van der Waals surface area contributed by atoms with Gasteiger partial charge in [-0.15, -0.1) is 0 Å². The summed E-state index contributed by atoms with van der Waals surface area (Å²) in [5, 5.41) is -2.25. The third kappa shape index (κ3) is 13.4. The molecule has 2 atom stereocenters. The summed E-state index contributed by atoms with van der Waals surface area (Å²) < 4.78 is 48.7. The molecule has 9 nitrogen and oxygen atoms in total. The summed E-state index contributed by atoms with van der Waals surface area (Å²) in [4.78, 5) is 37.2. The second kappa shape index (κ2) is 16.9. The van der Waals surface area contributed by atoms with E-state index in [2.05, 4.69) is 0 Å². The highest BCUT2D eigenvalue weighted by atomic mass is 32.2. The molecule has 10 heteroatoms. The average molecular weight is 467 g/mol. The first-order chi connectivity index (χ1) is 14.7. The third-order valence-corrected chi connectivity index (χ3v) is 5.77. The quantitative estimate of drug-likeness (QED) is 0.139. The lowest BCUT2D eigenvalue weighted by Crippen LogP contribution is -2.44. The topological polar surface area (TPSA) is 133 Å². The molecule has 1 N–H and O–H groups in total. The Morgan fingerprint density at radius 3 is 1.55 bits per heavy atom. The minimum Gasteiger partial charge on any atom is -0.466 e. The van der Waals surface area contributed by atoms with E-state index < -0.39 is 45.6 Å². The van der Waals surface area contributed by atoms with Crippen molar-refractivity contribution in [3.05, 3.63) is 0 Å². The van der Waals surface area contributed by atoms with Crippen molar-refractivity contribution in [2.75, 3.05) is 19.8 Å². The third-order valence-electron chi connectivity index (χ3n) is 4.60. The molecule has 182 valence electrons. The van der Waals surface area contributed by atoms with Gasteiger partial charge >= 0.3 is 17.9 Å². The van der Waals surface area contributed by atoms with Gasteiger partial charge in [0.15, 0.2) is 5.25 Å². The molecule has 0 amide bonds. The van der Waals surface area contributed by atoms with Crippen molar-refractivity contribution in [1.82, 2.24) is 0 Å². The molecular weight excluding hydrogens is 428 g/mol. The van der Waals surface area contributed by atoms with Gasteiger partial charge in [-0.25, -0.2) is 0 Å². The van der Waals surface area contributed by atoms with Crippen LogP contribution in [0.3, 0.4) is 0 Å². The second-order valence-electron chi connectivity index (χ2n) is 7.42. The van der Waals surface area contributed by atoms with Gasteiger partial charge in [-0.1, -0.05) is 59.3 Å². The number of ether oxygens (including phenoxy) is 3. The first-order valence-corrected chi connectivity index (χ1v) is 12.6. The SMILES string of the molecule is CCCCCOC(=O)CC(C(=O)OCCCCC)C(C(=O)OCCCCC)S(=O)(=O)O. The Hall–Kier alpha value is -1.68. The van der Waals surface area contributed by atoms with E-state index in [1.54, 1.807) is 0 Å². The monoisotopic (exact) mass is 466 g/mol. The van der Waals surface area contributed by atoms with Crippen molar-refractivity contribution >= 4 is 28.0 Å². The van der Waals surface area contributed by atoms with E-state index in [4.69, 9.17) is 14.2 Å². The lowest BCUT2D eigenvalue weighted by Gasteiger charge is -2.22. The molecule has 0 aromatic carbocycles. The van der Waals surface area contributed by atoms with Gasteiger partial charge in [0, 0.05) is 0 Å². The van der Waals surface area contributed by atoms with E-state index in [0.717, 1.165) is 38.5 Å². The summed E-state index contributed by atoms with van der Waals surface area (Å²) in [5.74, 6) is -4.95. The van der Waals surface area contributed by atoms with Gasteiger partial charge in [0.1, 0.15) is 0 Å². The predicted octanol–water partition coefficient (Wildman–Crippen LogP) is 3.45. The summed E-state index contributed by atoms with van der Waals surface area (Å²) in [7, 11) is -5.04. The molecule has 0 aromatic rings. The van der Waals surface area contributed by atoms with Crippen molar-refractivity contribution in [3.63, 3.8) is 0 Å². The lowest BCUT2D eigenvalue weighted by atomic mass is 10.0. The van der Waals surface area contributed by atoms with Crippen molar-refractivity contribution < 1.29 is 41.6 Å². The van der Waals surface area contributed by atoms with E-state index in [1.807, 2.05) is 20.8 Å². The van der Waals surface area contributed by atoms with Crippen molar-refractivity contribution in [2.24, 2.45) is 5.92 Å². The average Bonchev–Trinajstić information content (AvgIpc) is 2.70. The minimum absolute atomic E-state index is 0.0124. The van der Waals surface area contributed by atoms with E-state index in [9.17, 15) is 27.4 Å². The van der Waals surface area contributed by atoms with Crippen LogP contribution in [0, 0.1) is 5.92 Å². The van der Waals surface area contributed by atoms with Gasteiger partial charge < -0.3 is 14.2 Å². The van der Waals surface area contributed by atoms with E-state index in [-0.39, 0.29) is 19.8 Å². The molecule has 31 heavy (non-hydrogen) atoms. The molecule has 0 fully saturated rings. The largest absolute Gasteiger partial charge is 0.466 e. The van der Waals surface area contributed by atoms with Crippen LogP contribution < -0.4 is 0 Å². The second-order valence-corrected chi connectivity index (χ2v) is 8.96. The van der Waals surface area contributed by atoms with Gasteiger partial charge in [-0.3, -0.25) is 18.9 Å². The fraction of sp³-hybridized carbons (Fsp3) is 0.857. The number of hydrogen-bond acceptors (Lipinski definition) is 8. The Kier molecular flexibility index (Phi) is 16.0. The summed E-state index contributed by atoms with van der Waals surface area (Å²) in [6, 6.07) is 0. The normalized spacial score (nSPS) is 13.3. The Balaban J connectivity index is 5.40. The Morgan fingerprint density at radius 2 is 1.13 bits per heavy atom. The van der Waals surface area contributed by atoms with Crippen LogP contribution in [-0.4, -0.2) is 55.9 Å². The van der Waals surface area contributed by atoms with E-state index >= 15 is 0 Å². The number of esters is 3. The number of hydrogen-bond donors (Lipinski definition) is 1. The van der Waals surface area contributed by atoms with E-state index in [1.165, 1.54) is 0 Å². The zero-order valence-electron chi connectivity index (χ0n) is 19.0.